The third-order valence-corrected chi connectivity index (χ3v) is 4.15. The Hall–Kier alpha value is -0.870. The predicted octanol–water partition coefficient (Wildman–Crippen LogP) is 3.61. The molecule has 0 bridgehead atoms. The van der Waals surface area contributed by atoms with Gasteiger partial charge in [0.25, 0.3) is 0 Å². The maximum absolute atomic E-state index is 6.14. The minimum Gasteiger partial charge on any atom is -0.329 e. The summed E-state index contributed by atoms with van der Waals surface area (Å²) in [7, 11) is 0. The summed E-state index contributed by atoms with van der Waals surface area (Å²) in [6.45, 7) is 15.1. The van der Waals surface area contributed by atoms with E-state index in [1.807, 2.05) is 10.9 Å². The fourth-order valence-corrected chi connectivity index (χ4v) is 2.98. The smallest absolute Gasteiger partial charge is 0.0538 e. The van der Waals surface area contributed by atoms with Crippen LogP contribution in [0.4, 0.5) is 0 Å². The summed E-state index contributed by atoms with van der Waals surface area (Å²) < 4.78 is 2.03. The SMILES string of the molecule is CCC(CC)N(CC(C)C)C(CN)c1cnn(C(C)C)c1. The van der Waals surface area contributed by atoms with Crippen LogP contribution in [0.15, 0.2) is 12.4 Å². The molecule has 122 valence electrons. The van der Waals surface area contributed by atoms with E-state index in [1.54, 1.807) is 0 Å². The molecule has 0 saturated heterocycles. The molecule has 0 aliphatic carbocycles. The zero-order valence-corrected chi connectivity index (χ0v) is 14.7. The fourth-order valence-electron chi connectivity index (χ4n) is 2.98. The Morgan fingerprint density at radius 1 is 1.19 bits per heavy atom. The van der Waals surface area contributed by atoms with Crippen molar-refractivity contribution in [3.05, 3.63) is 18.0 Å². The van der Waals surface area contributed by atoms with Gasteiger partial charge in [0.05, 0.1) is 12.2 Å². The van der Waals surface area contributed by atoms with Gasteiger partial charge in [-0.2, -0.15) is 5.10 Å². The van der Waals surface area contributed by atoms with Crippen LogP contribution in [0.5, 0.6) is 0 Å². The number of nitrogens with zero attached hydrogens (tertiary/aromatic N) is 3. The molecule has 0 radical (unpaired) electrons. The first-order valence-corrected chi connectivity index (χ1v) is 8.44. The average molecular weight is 294 g/mol. The van der Waals surface area contributed by atoms with Crippen LogP contribution in [0.2, 0.25) is 0 Å². The van der Waals surface area contributed by atoms with Gasteiger partial charge in [-0.05, 0) is 32.6 Å². The first-order chi connectivity index (χ1) is 9.94. The summed E-state index contributed by atoms with van der Waals surface area (Å²) in [5, 5.41) is 4.49. The van der Waals surface area contributed by atoms with E-state index in [1.165, 1.54) is 5.56 Å². The molecule has 4 nitrogen and oxygen atoms in total. The minimum atomic E-state index is 0.268. The highest BCUT2D eigenvalue weighted by molar-refractivity contribution is 5.12. The lowest BCUT2D eigenvalue weighted by molar-refractivity contribution is 0.112. The Morgan fingerprint density at radius 2 is 1.81 bits per heavy atom. The van der Waals surface area contributed by atoms with Crippen molar-refractivity contribution < 1.29 is 0 Å². The summed E-state index contributed by atoms with van der Waals surface area (Å²) in [4.78, 5) is 2.59. The molecule has 1 rings (SSSR count). The van der Waals surface area contributed by atoms with Crippen LogP contribution in [0, 0.1) is 5.92 Å². The van der Waals surface area contributed by atoms with Gasteiger partial charge in [0, 0.05) is 36.9 Å². The highest BCUT2D eigenvalue weighted by Crippen LogP contribution is 2.26. The second-order valence-electron chi connectivity index (χ2n) is 6.66. The largest absolute Gasteiger partial charge is 0.329 e. The molecule has 2 N–H and O–H groups in total. The van der Waals surface area contributed by atoms with Crippen LogP contribution in [-0.2, 0) is 0 Å². The van der Waals surface area contributed by atoms with Gasteiger partial charge in [0.1, 0.15) is 0 Å². The van der Waals surface area contributed by atoms with Crippen molar-refractivity contribution in [2.75, 3.05) is 13.1 Å². The van der Waals surface area contributed by atoms with Gasteiger partial charge in [0.15, 0.2) is 0 Å². The van der Waals surface area contributed by atoms with Gasteiger partial charge in [-0.1, -0.05) is 27.7 Å². The second-order valence-corrected chi connectivity index (χ2v) is 6.66. The van der Waals surface area contributed by atoms with Crippen LogP contribution in [0.25, 0.3) is 0 Å². The van der Waals surface area contributed by atoms with Gasteiger partial charge < -0.3 is 5.73 Å². The molecular formula is C17H34N4. The monoisotopic (exact) mass is 294 g/mol. The normalized spacial score (nSPS) is 13.9. The van der Waals surface area contributed by atoms with Crippen LogP contribution in [0.1, 0.15) is 72.0 Å². The molecule has 1 unspecified atom stereocenters. The summed E-state index contributed by atoms with van der Waals surface area (Å²) in [6, 6.07) is 1.25. The van der Waals surface area contributed by atoms with Gasteiger partial charge in [0.2, 0.25) is 0 Å². The number of hydrogen-bond acceptors (Lipinski definition) is 3. The lowest BCUT2D eigenvalue weighted by atomic mass is 10.0. The molecule has 4 heteroatoms. The first kappa shape index (κ1) is 18.2. The Labute approximate surface area is 130 Å². The topological polar surface area (TPSA) is 47.1 Å². The highest BCUT2D eigenvalue weighted by atomic mass is 15.3. The zero-order chi connectivity index (χ0) is 16.0. The highest BCUT2D eigenvalue weighted by Gasteiger charge is 2.26. The van der Waals surface area contributed by atoms with E-state index in [-0.39, 0.29) is 6.04 Å². The van der Waals surface area contributed by atoms with Crippen LogP contribution in [-0.4, -0.2) is 33.8 Å². The third-order valence-electron chi connectivity index (χ3n) is 4.15. The van der Waals surface area contributed by atoms with E-state index in [2.05, 4.69) is 57.7 Å². The molecule has 0 spiro atoms. The van der Waals surface area contributed by atoms with E-state index >= 15 is 0 Å². The molecular weight excluding hydrogens is 260 g/mol. The van der Waals surface area contributed by atoms with Gasteiger partial charge in [-0.15, -0.1) is 0 Å². The molecule has 0 amide bonds. The number of rotatable bonds is 9. The van der Waals surface area contributed by atoms with E-state index < -0.39 is 0 Å². The Kier molecular flexibility index (Phi) is 7.40. The van der Waals surface area contributed by atoms with Crippen molar-refractivity contribution >= 4 is 0 Å². The molecule has 1 heterocycles. The quantitative estimate of drug-likeness (QED) is 0.757. The molecule has 1 atom stereocenters. The molecule has 0 saturated carbocycles. The van der Waals surface area contributed by atoms with Gasteiger partial charge >= 0.3 is 0 Å². The maximum atomic E-state index is 6.14. The Balaban J connectivity index is 3.03. The van der Waals surface area contributed by atoms with Crippen molar-refractivity contribution in [1.29, 1.82) is 0 Å². The van der Waals surface area contributed by atoms with Crippen LogP contribution < -0.4 is 5.73 Å². The second kappa shape index (κ2) is 8.54. The molecule has 0 aliphatic heterocycles. The Bertz CT molecular complexity index is 393. The number of nitrogens with two attached hydrogens (primary N) is 1. The van der Waals surface area contributed by atoms with Gasteiger partial charge in [-0.25, -0.2) is 0 Å². The standard InChI is InChI=1S/C17H34N4/c1-7-16(8-2)20(11-13(3)4)17(9-18)15-10-19-21(12-15)14(5)6/h10,12-14,16-17H,7-9,11,18H2,1-6H3. The van der Waals surface area contributed by atoms with Crippen molar-refractivity contribution in [2.24, 2.45) is 11.7 Å². The van der Waals surface area contributed by atoms with Crippen molar-refractivity contribution in [1.82, 2.24) is 14.7 Å². The summed E-state index contributed by atoms with van der Waals surface area (Å²) in [6.07, 6.45) is 6.49. The van der Waals surface area contributed by atoms with Gasteiger partial charge in [-0.3, -0.25) is 9.58 Å². The van der Waals surface area contributed by atoms with Crippen LogP contribution >= 0.6 is 0 Å². The molecule has 0 fully saturated rings. The summed E-state index contributed by atoms with van der Waals surface area (Å²) >= 11 is 0. The van der Waals surface area contributed by atoms with E-state index in [0.29, 0.717) is 24.5 Å². The summed E-state index contributed by atoms with van der Waals surface area (Å²) in [5.41, 5.74) is 7.38. The Morgan fingerprint density at radius 3 is 2.19 bits per heavy atom. The minimum absolute atomic E-state index is 0.268. The lowest BCUT2D eigenvalue weighted by Crippen LogP contribution is -2.43. The van der Waals surface area contributed by atoms with E-state index in [4.69, 9.17) is 5.73 Å². The van der Waals surface area contributed by atoms with E-state index in [9.17, 15) is 0 Å². The van der Waals surface area contributed by atoms with Crippen molar-refractivity contribution in [3.8, 4) is 0 Å². The van der Waals surface area contributed by atoms with Crippen molar-refractivity contribution in [3.63, 3.8) is 0 Å². The maximum Gasteiger partial charge on any atom is 0.0538 e. The molecule has 0 aromatic carbocycles. The first-order valence-electron chi connectivity index (χ1n) is 8.44. The van der Waals surface area contributed by atoms with Crippen LogP contribution in [0.3, 0.4) is 0 Å². The fraction of sp³-hybridized carbons (Fsp3) is 0.824. The number of hydrogen-bond donors (Lipinski definition) is 1. The van der Waals surface area contributed by atoms with Crippen molar-refractivity contribution in [2.45, 2.75) is 72.5 Å². The third kappa shape index (κ3) is 4.82. The summed E-state index contributed by atoms with van der Waals surface area (Å²) in [5.74, 6) is 0.639. The predicted molar refractivity (Wildman–Crippen MR) is 90.3 cm³/mol. The molecule has 0 aliphatic rings. The zero-order valence-electron chi connectivity index (χ0n) is 14.7. The molecule has 1 aromatic rings. The van der Waals surface area contributed by atoms with E-state index in [0.717, 1.165) is 19.4 Å². The molecule has 21 heavy (non-hydrogen) atoms. The molecule has 1 aromatic heterocycles. The average Bonchev–Trinajstić information content (AvgIpc) is 2.90. The number of aromatic nitrogens is 2. The lowest BCUT2D eigenvalue weighted by Gasteiger charge is -2.38.